The van der Waals surface area contributed by atoms with Crippen molar-refractivity contribution in [2.75, 3.05) is 80.9 Å². The highest BCUT2D eigenvalue weighted by atomic mass is 32.2. The summed E-state index contributed by atoms with van der Waals surface area (Å²) < 4.78 is 54.8. The van der Waals surface area contributed by atoms with Crippen molar-refractivity contribution in [2.24, 2.45) is 5.41 Å². The third-order valence-corrected chi connectivity index (χ3v) is 17.8. The van der Waals surface area contributed by atoms with Crippen LogP contribution in [0, 0.1) is 22.5 Å². The molecule has 1 spiro atoms. The van der Waals surface area contributed by atoms with Crippen LogP contribution in [-0.4, -0.2) is 135 Å². The van der Waals surface area contributed by atoms with Gasteiger partial charge in [0.05, 0.1) is 65.7 Å². The number of hydrogen-bond donors (Lipinski definition) is 3. The lowest BCUT2D eigenvalue weighted by molar-refractivity contribution is -0.384. The molecule has 0 radical (unpaired) electrons. The fourth-order valence-electron chi connectivity index (χ4n) is 12.4. The number of nitro benzene ring substituents is 1. The van der Waals surface area contributed by atoms with E-state index >= 15 is 0 Å². The first-order valence-corrected chi connectivity index (χ1v) is 26.7. The minimum Gasteiger partial charge on any atom is -0.489 e. The summed E-state index contributed by atoms with van der Waals surface area (Å²) in [5, 5.41) is 16.7. The van der Waals surface area contributed by atoms with Gasteiger partial charge in [-0.3, -0.25) is 24.7 Å². The first-order chi connectivity index (χ1) is 34.4. The molecular formula is C52H61N9O9S. The van der Waals surface area contributed by atoms with E-state index in [2.05, 4.69) is 67.8 Å². The van der Waals surface area contributed by atoms with Crippen LogP contribution in [0.25, 0.3) is 11.0 Å². The van der Waals surface area contributed by atoms with Gasteiger partial charge < -0.3 is 39.0 Å². The van der Waals surface area contributed by atoms with Crippen molar-refractivity contribution in [1.29, 1.82) is 0 Å². The summed E-state index contributed by atoms with van der Waals surface area (Å²) in [6.07, 6.45) is 9.05. The number of piperidine rings is 1. The average molecular weight is 988 g/mol. The van der Waals surface area contributed by atoms with Gasteiger partial charge in [0, 0.05) is 73.7 Å². The average Bonchev–Trinajstić information content (AvgIpc) is 3.97. The van der Waals surface area contributed by atoms with E-state index in [-0.39, 0.29) is 41.8 Å². The lowest BCUT2D eigenvalue weighted by Gasteiger charge is -2.56. The number of amides is 1. The number of nitro groups is 1. The number of likely N-dealkylation sites (tertiary alicyclic amines) is 1. The van der Waals surface area contributed by atoms with E-state index in [4.69, 9.17) is 23.9 Å². The number of hydrogen-bond acceptors (Lipinski definition) is 15. The van der Waals surface area contributed by atoms with Gasteiger partial charge in [0.1, 0.15) is 17.9 Å². The molecular weight excluding hydrogens is 927 g/mol. The van der Waals surface area contributed by atoms with E-state index in [0.717, 1.165) is 49.6 Å². The molecule has 2 aromatic heterocycles. The molecule has 6 aliphatic heterocycles. The number of carbonyl (C=O) groups excluding carboxylic acids is 1. The summed E-state index contributed by atoms with van der Waals surface area (Å²) in [5.74, 6) is -0.492. The monoisotopic (exact) mass is 987 g/mol. The van der Waals surface area contributed by atoms with Crippen molar-refractivity contribution in [2.45, 2.75) is 100 Å². The lowest BCUT2D eigenvalue weighted by atomic mass is 9.59. The van der Waals surface area contributed by atoms with Gasteiger partial charge >= 0.3 is 0 Å². The molecule has 4 atom stereocenters. The molecule has 3 N–H and O–H groups in total. The van der Waals surface area contributed by atoms with Crippen LogP contribution in [0.2, 0.25) is 0 Å². The van der Waals surface area contributed by atoms with Gasteiger partial charge in [-0.05, 0) is 112 Å². The molecule has 8 heterocycles. The number of morpholine rings is 1. The zero-order chi connectivity index (χ0) is 48.6. The minimum atomic E-state index is -4.69. The fraction of sp³-hybridized carbons (Fsp3) is 0.500. The number of benzene rings is 3. The second-order valence-electron chi connectivity index (χ2n) is 20.8. The second-order valence-corrected chi connectivity index (χ2v) is 22.4. The second kappa shape index (κ2) is 18.2. The number of nitrogens with one attached hydrogen (secondary N) is 3. The highest BCUT2D eigenvalue weighted by molar-refractivity contribution is 7.90. The van der Waals surface area contributed by atoms with Crippen LogP contribution in [-0.2, 0) is 19.5 Å². The Bertz CT molecular complexity index is 2980. The van der Waals surface area contributed by atoms with Crippen molar-refractivity contribution in [3.8, 4) is 11.6 Å². The number of sulfonamides is 1. The maximum Gasteiger partial charge on any atom is 0.297 e. The Kier molecular flexibility index (Phi) is 11.8. The Morgan fingerprint density at radius 2 is 1.75 bits per heavy atom. The number of ether oxygens (including phenoxy) is 4. The normalized spacial score (nSPS) is 25.0. The summed E-state index contributed by atoms with van der Waals surface area (Å²) >= 11 is 0. The van der Waals surface area contributed by atoms with E-state index in [1.165, 1.54) is 42.9 Å². The third-order valence-electron chi connectivity index (χ3n) is 16.5. The quantitative estimate of drug-likeness (QED) is 0.0949. The van der Waals surface area contributed by atoms with E-state index < -0.39 is 37.5 Å². The molecule has 1 saturated carbocycles. The van der Waals surface area contributed by atoms with E-state index in [0.29, 0.717) is 86.3 Å². The molecule has 4 saturated heterocycles. The smallest absolute Gasteiger partial charge is 0.297 e. The van der Waals surface area contributed by atoms with Crippen LogP contribution in [0.5, 0.6) is 11.6 Å². The predicted octanol–water partition coefficient (Wildman–Crippen LogP) is 7.07. The largest absolute Gasteiger partial charge is 0.489 e. The van der Waals surface area contributed by atoms with Gasteiger partial charge in [0.25, 0.3) is 21.6 Å². The summed E-state index contributed by atoms with van der Waals surface area (Å²) in [6.45, 7) is 10.5. The molecule has 18 nitrogen and oxygen atoms in total. The molecule has 71 heavy (non-hydrogen) atoms. The summed E-state index contributed by atoms with van der Waals surface area (Å²) in [6, 6.07) is 21.6. The molecule has 1 amide bonds. The number of aryl methyl sites for hydroxylation is 1. The maximum atomic E-state index is 14.6. The molecule has 0 unspecified atom stereocenters. The number of pyridine rings is 1. The van der Waals surface area contributed by atoms with Crippen molar-refractivity contribution in [3.05, 3.63) is 99.7 Å². The molecule has 374 valence electrons. The number of anilines is 4. The van der Waals surface area contributed by atoms with Crippen molar-refractivity contribution in [1.82, 2.24) is 24.5 Å². The Balaban J connectivity index is 0.799. The molecule has 0 bridgehead atoms. The Morgan fingerprint density at radius 1 is 0.915 bits per heavy atom. The highest BCUT2D eigenvalue weighted by Crippen LogP contribution is 2.54. The van der Waals surface area contributed by atoms with Crippen LogP contribution in [0.15, 0.2) is 77.8 Å². The lowest BCUT2D eigenvalue weighted by Crippen LogP contribution is -2.62. The zero-order valence-corrected chi connectivity index (χ0v) is 41.0. The molecule has 5 fully saturated rings. The van der Waals surface area contributed by atoms with Crippen LogP contribution in [0.1, 0.15) is 79.4 Å². The van der Waals surface area contributed by atoms with Gasteiger partial charge in [-0.15, -0.1) is 0 Å². The van der Waals surface area contributed by atoms with Gasteiger partial charge in [-0.1, -0.05) is 24.3 Å². The number of aromatic nitrogens is 2. The van der Waals surface area contributed by atoms with Gasteiger partial charge in [0.15, 0.2) is 11.4 Å². The van der Waals surface area contributed by atoms with Gasteiger partial charge in [-0.2, -0.15) is 4.98 Å². The Labute approximate surface area is 413 Å². The third kappa shape index (κ3) is 8.52. The minimum absolute atomic E-state index is 0.00488. The fourth-order valence-corrected chi connectivity index (χ4v) is 13.4. The molecule has 5 aromatic rings. The maximum absolute atomic E-state index is 14.6. The summed E-state index contributed by atoms with van der Waals surface area (Å²) in [5.41, 5.74) is 5.56. The molecule has 3 aromatic carbocycles. The number of fused-ring (bicyclic) bond motifs is 3. The molecule has 19 heteroatoms. The summed E-state index contributed by atoms with van der Waals surface area (Å²) in [4.78, 5) is 43.5. The number of H-pyrrole nitrogens is 1. The van der Waals surface area contributed by atoms with E-state index in [1.54, 1.807) is 6.07 Å². The molecule has 7 aliphatic rings. The van der Waals surface area contributed by atoms with Gasteiger partial charge in [-0.25, -0.2) is 13.1 Å². The zero-order valence-electron chi connectivity index (χ0n) is 40.2. The van der Waals surface area contributed by atoms with E-state index in [1.807, 2.05) is 35.4 Å². The number of nitrogens with zero attached hydrogens (tertiary/aromatic N) is 6. The number of rotatable bonds is 10. The van der Waals surface area contributed by atoms with Crippen molar-refractivity contribution < 1.29 is 37.1 Å². The highest BCUT2D eigenvalue weighted by Gasteiger charge is 2.50. The first-order valence-electron chi connectivity index (χ1n) is 25.2. The Hall–Kier alpha value is -5.99. The van der Waals surface area contributed by atoms with Crippen LogP contribution in [0.3, 0.4) is 0 Å². The Morgan fingerprint density at radius 3 is 2.54 bits per heavy atom. The SMILES string of the molecule is Cc1ccccc1[C@@H]1CCCN1C1CC2(CCN(c3ccc(C(=O)NS(=O)(=O)c4cc5c(c([N+](=O)[O-])c4)N[C@@H]([C@H]4CN(C6COC6)[C@H](C)CO4)CO5)c(N4CCCOc5nc6[nH]ccc6cc54)c3)CC2)C1. The van der Waals surface area contributed by atoms with Crippen LogP contribution in [0.4, 0.5) is 28.4 Å². The van der Waals surface area contributed by atoms with Crippen molar-refractivity contribution in [3.63, 3.8) is 0 Å². The topological polar surface area (TPSA) is 197 Å². The van der Waals surface area contributed by atoms with Crippen LogP contribution < -0.4 is 29.3 Å². The first kappa shape index (κ1) is 46.1. The number of aromatic amines is 1. The summed E-state index contributed by atoms with van der Waals surface area (Å²) in [7, 11) is -4.69. The molecule has 1 aliphatic carbocycles. The van der Waals surface area contributed by atoms with Crippen molar-refractivity contribution >= 4 is 55.4 Å². The standard InChI is InChI=1S/C52H61N9O9S/c1-32-7-3-4-8-39(32)42-9-5-16-58(42)36-25-52(26-36)13-18-57(19-14-52)35-10-11-40(43(22-35)59-17-6-20-68-51-45(59)21-34-12-15-53-49(34)55-51)50(62)56-71(65,66)38-23-44(61(63)64)48-46(24-38)70-31-41(54-48)47-27-60(33(2)28-69-47)37-29-67-30-37/h3-4,7-8,10-12,15,21-24,33,36-37,41-42,47,54H,5-6,9,13-14,16-20,25-31H2,1-2H3,(H,53,55)(H,56,62)/t33-,41-,42+,47-/m1/s1. The molecule has 12 rings (SSSR count). The van der Waals surface area contributed by atoms with Crippen LogP contribution >= 0.6 is 0 Å². The number of carbonyl (C=O) groups is 1. The van der Waals surface area contributed by atoms with E-state index in [9.17, 15) is 23.3 Å². The van der Waals surface area contributed by atoms with Gasteiger partial charge in [0.2, 0.25) is 5.88 Å². The predicted molar refractivity (Wildman–Crippen MR) is 268 cm³/mol.